The highest BCUT2D eigenvalue weighted by Crippen LogP contribution is 2.37. The van der Waals surface area contributed by atoms with Gasteiger partial charge in [0.1, 0.15) is 0 Å². The Morgan fingerprint density at radius 2 is 1.69 bits per heavy atom. The quantitative estimate of drug-likeness (QED) is 0.238. The molecule has 1 N–H and O–H groups in total. The second-order valence-electron chi connectivity index (χ2n) is 10.2. The van der Waals surface area contributed by atoms with Gasteiger partial charge in [-0.1, -0.05) is 72.8 Å². The van der Waals surface area contributed by atoms with E-state index in [9.17, 15) is 9.59 Å². The molecule has 8 nitrogen and oxygen atoms in total. The summed E-state index contributed by atoms with van der Waals surface area (Å²) in [5.74, 6) is -0.424. The largest absolute Gasteiger partial charge is 0.451 e. The number of amides is 2. The number of nitrogens with zero attached hydrogens (tertiary/aromatic N) is 4. The van der Waals surface area contributed by atoms with Gasteiger partial charge in [0.15, 0.2) is 0 Å². The molecular formula is C34H31N5O3. The summed E-state index contributed by atoms with van der Waals surface area (Å²) in [6.07, 6.45) is 5.04. The van der Waals surface area contributed by atoms with Crippen LogP contribution in [-0.4, -0.2) is 40.5 Å². The normalized spacial score (nSPS) is 14.9. The molecule has 210 valence electrons. The fourth-order valence-corrected chi connectivity index (χ4v) is 5.71. The van der Waals surface area contributed by atoms with Gasteiger partial charge in [0, 0.05) is 41.5 Å². The predicted molar refractivity (Wildman–Crippen MR) is 163 cm³/mol. The summed E-state index contributed by atoms with van der Waals surface area (Å²) >= 11 is 0. The predicted octanol–water partition coefficient (Wildman–Crippen LogP) is 6.55. The molecule has 6 rings (SSSR count). The molecule has 0 spiro atoms. The number of aromatic nitrogens is 2. The maximum absolute atomic E-state index is 14.4. The first-order chi connectivity index (χ1) is 20.6. The molecule has 1 fully saturated rings. The van der Waals surface area contributed by atoms with E-state index in [4.69, 9.17) is 9.72 Å². The van der Waals surface area contributed by atoms with Crippen molar-refractivity contribution < 1.29 is 14.3 Å². The number of likely N-dealkylation sites (tertiary alicyclic amines) is 1. The summed E-state index contributed by atoms with van der Waals surface area (Å²) in [4.78, 5) is 39.1. The van der Waals surface area contributed by atoms with Crippen LogP contribution in [0.25, 0.3) is 22.2 Å². The minimum Gasteiger partial charge on any atom is -0.451 e. The minimum atomic E-state index is -0.700. The molecule has 0 radical (unpaired) electrons. The van der Waals surface area contributed by atoms with Crippen LogP contribution in [0.1, 0.15) is 40.4 Å². The summed E-state index contributed by atoms with van der Waals surface area (Å²) in [5, 5.41) is 1.84. The molecule has 8 heteroatoms. The highest BCUT2D eigenvalue weighted by atomic mass is 16.5. The van der Waals surface area contributed by atoms with Crippen molar-refractivity contribution in [2.45, 2.75) is 25.4 Å². The molecule has 3 aromatic carbocycles. The molecule has 0 saturated carbocycles. The van der Waals surface area contributed by atoms with E-state index in [1.54, 1.807) is 30.5 Å². The Balaban J connectivity index is 1.50. The third-order valence-electron chi connectivity index (χ3n) is 7.65. The number of hydrogen-bond donors (Lipinski definition) is 1. The van der Waals surface area contributed by atoms with Crippen LogP contribution in [0, 0.1) is 0 Å². The summed E-state index contributed by atoms with van der Waals surface area (Å²) in [7, 11) is 1.29. The molecule has 0 bridgehead atoms. The van der Waals surface area contributed by atoms with Crippen LogP contribution in [0.2, 0.25) is 0 Å². The second-order valence-corrected chi connectivity index (χ2v) is 10.2. The van der Waals surface area contributed by atoms with Gasteiger partial charge in [0.05, 0.1) is 29.6 Å². The number of hydrazine groups is 1. The number of ether oxygens (including phenoxy) is 1. The van der Waals surface area contributed by atoms with Crippen molar-refractivity contribution in [1.29, 1.82) is 0 Å². The lowest BCUT2D eigenvalue weighted by Crippen LogP contribution is -2.47. The lowest BCUT2D eigenvalue weighted by molar-refractivity contribution is 0.0940. The number of benzene rings is 3. The number of fused-ring (bicyclic) bond motifs is 1. The summed E-state index contributed by atoms with van der Waals surface area (Å²) in [6, 6.07) is 30.7. The Bertz CT molecular complexity index is 1700. The van der Waals surface area contributed by atoms with E-state index in [-0.39, 0.29) is 6.04 Å². The topological polar surface area (TPSA) is 87.7 Å². The molecule has 1 unspecified atom stereocenters. The highest BCUT2D eigenvalue weighted by Gasteiger charge is 2.31. The molecule has 5 aromatic rings. The highest BCUT2D eigenvalue weighted by molar-refractivity contribution is 6.10. The van der Waals surface area contributed by atoms with E-state index >= 15 is 0 Å². The number of carbonyl (C=O) groups excluding carboxylic acids is 2. The zero-order valence-corrected chi connectivity index (χ0v) is 23.3. The van der Waals surface area contributed by atoms with Crippen molar-refractivity contribution in [3.05, 3.63) is 126 Å². The molecular weight excluding hydrogens is 526 g/mol. The Morgan fingerprint density at radius 3 is 2.43 bits per heavy atom. The van der Waals surface area contributed by atoms with Gasteiger partial charge in [-0.05, 0) is 49.2 Å². The molecule has 1 aliphatic heterocycles. The molecule has 1 aliphatic rings. The zero-order valence-electron chi connectivity index (χ0n) is 23.3. The molecule has 2 aromatic heterocycles. The van der Waals surface area contributed by atoms with Crippen molar-refractivity contribution in [2.24, 2.45) is 0 Å². The van der Waals surface area contributed by atoms with E-state index in [1.165, 1.54) is 7.11 Å². The number of para-hydroxylation sites is 2. The van der Waals surface area contributed by atoms with Gasteiger partial charge in [-0.3, -0.25) is 20.1 Å². The maximum atomic E-state index is 14.4. The summed E-state index contributed by atoms with van der Waals surface area (Å²) in [5.41, 5.74) is 8.09. The van der Waals surface area contributed by atoms with E-state index in [2.05, 4.69) is 21.4 Å². The van der Waals surface area contributed by atoms with Crippen molar-refractivity contribution >= 4 is 28.6 Å². The smallest absolute Gasteiger partial charge is 0.433 e. The van der Waals surface area contributed by atoms with Crippen LogP contribution in [-0.2, 0) is 11.3 Å². The van der Waals surface area contributed by atoms with E-state index in [1.807, 2.05) is 72.9 Å². The number of rotatable bonds is 6. The monoisotopic (exact) mass is 557 g/mol. The molecule has 2 amide bonds. The minimum absolute atomic E-state index is 0.167. The zero-order chi connectivity index (χ0) is 28.9. The van der Waals surface area contributed by atoms with Gasteiger partial charge < -0.3 is 4.74 Å². The molecule has 1 atom stereocenters. The van der Waals surface area contributed by atoms with Crippen LogP contribution >= 0.6 is 0 Å². The average molecular weight is 558 g/mol. The van der Waals surface area contributed by atoms with Crippen LogP contribution in [0.15, 0.2) is 109 Å². The molecule has 3 heterocycles. The standard InChI is InChI=1S/C34H31N5O3/c1-42-34(41)39(26-15-6-3-7-16-26)37-33(40)31-27-17-8-9-18-29(27)36-32(24-12-4-2-5-13-24)28(31)23-38-21-11-19-30(38)25-14-10-20-35-22-25/h2-10,12-18,20,22,30H,11,19,21,23H2,1H3,(H,37,40). The van der Waals surface area contributed by atoms with E-state index < -0.39 is 12.0 Å². The maximum Gasteiger partial charge on any atom is 0.433 e. The van der Waals surface area contributed by atoms with Crippen molar-refractivity contribution in [3.8, 4) is 11.3 Å². The van der Waals surface area contributed by atoms with Crippen LogP contribution < -0.4 is 10.4 Å². The fourth-order valence-electron chi connectivity index (χ4n) is 5.71. The van der Waals surface area contributed by atoms with Crippen molar-refractivity contribution in [1.82, 2.24) is 20.3 Å². The Labute approximate surface area is 244 Å². The molecule has 1 saturated heterocycles. The third-order valence-corrected chi connectivity index (χ3v) is 7.65. The van der Waals surface area contributed by atoms with Crippen molar-refractivity contribution in [2.75, 3.05) is 18.7 Å². The summed E-state index contributed by atoms with van der Waals surface area (Å²) < 4.78 is 5.03. The van der Waals surface area contributed by atoms with Gasteiger partial charge in [0.25, 0.3) is 5.91 Å². The first-order valence-electron chi connectivity index (χ1n) is 14.0. The first kappa shape index (κ1) is 27.1. The lowest BCUT2D eigenvalue weighted by atomic mass is 9.95. The number of hydrogen-bond acceptors (Lipinski definition) is 6. The number of carbonyl (C=O) groups is 2. The van der Waals surface area contributed by atoms with Crippen LogP contribution in [0.3, 0.4) is 0 Å². The van der Waals surface area contributed by atoms with Crippen molar-refractivity contribution in [3.63, 3.8) is 0 Å². The SMILES string of the molecule is COC(=O)N(NC(=O)c1c(CN2CCCC2c2cccnc2)c(-c2ccccc2)nc2ccccc12)c1ccccc1. The second kappa shape index (κ2) is 12.2. The Hall–Kier alpha value is -5.08. The Morgan fingerprint density at radius 1 is 0.952 bits per heavy atom. The van der Waals surface area contributed by atoms with Gasteiger partial charge in [-0.2, -0.15) is 5.01 Å². The molecule has 0 aliphatic carbocycles. The van der Waals surface area contributed by atoms with Gasteiger partial charge in [-0.25, -0.2) is 9.78 Å². The fraction of sp³-hybridized carbons (Fsp3) is 0.176. The molecule has 42 heavy (non-hydrogen) atoms. The number of pyridine rings is 2. The third kappa shape index (κ3) is 5.44. The average Bonchev–Trinajstić information content (AvgIpc) is 3.52. The summed E-state index contributed by atoms with van der Waals surface area (Å²) in [6.45, 7) is 1.37. The number of nitrogens with one attached hydrogen (secondary N) is 1. The number of methoxy groups -OCH3 is 1. The van der Waals surface area contributed by atoms with E-state index in [0.29, 0.717) is 28.7 Å². The van der Waals surface area contributed by atoms with E-state index in [0.717, 1.165) is 46.8 Å². The van der Waals surface area contributed by atoms with Gasteiger partial charge >= 0.3 is 6.09 Å². The van der Waals surface area contributed by atoms with Crippen LogP contribution in [0.4, 0.5) is 10.5 Å². The lowest BCUT2D eigenvalue weighted by Gasteiger charge is -2.28. The van der Waals surface area contributed by atoms with Gasteiger partial charge in [0.2, 0.25) is 0 Å². The van der Waals surface area contributed by atoms with Gasteiger partial charge in [-0.15, -0.1) is 0 Å². The Kier molecular flexibility index (Phi) is 7.87. The number of anilines is 1. The van der Waals surface area contributed by atoms with Crippen LogP contribution in [0.5, 0.6) is 0 Å². The first-order valence-corrected chi connectivity index (χ1v) is 14.0.